The zero-order valence-electron chi connectivity index (χ0n) is 30.4. The second-order valence-corrected chi connectivity index (χ2v) is 14.8. The van der Waals surface area contributed by atoms with Crippen molar-refractivity contribution in [3.8, 4) is 33.4 Å². The van der Waals surface area contributed by atoms with Crippen molar-refractivity contribution in [1.82, 2.24) is 0 Å². The molecule has 2 aliphatic rings. The standard InChI is InChI=1S/C54H40/c1-2-37(26-25-36-29-47-34-41-15-5-6-16-42(41)35-48(47)30-36)39-17-11-19-45(32-39)53-49-21-7-9-23-51(49)54(52-24-10-8-22-50(52)53)46-20-12-18-43(33-46)44-28-27-38-13-3-4-14-40(38)31-44/h2-7,9-21,23-28,31-35H,1,8,22,29-30H2/b37-26+. The van der Waals surface area contributed by atoms with E-state index in [1.165, 1.54) is 99.1 Å². The molecule has 0 saturated heterocycles. The van der Waals surface area contributed by atoms with Crippen molar-refractivity contribution in [3.63, 3.8) is 0 Å². The van der Waals surface area contributed by atoms with Crippen LogP contribution >= 0.6 is 0 Å². The van der Waals surface area contributed by atoms with Gasteiger partial charge in [-0.1, -0.05) is 176 Å². The second-order valence-electron chi connectivity index (χ2n) is 14.8. The number of hydrogen-bond donors (Lipinski definition) is 0. The molecule has 256 valence electrons. The van der Waals surface area contributed by atoms with Crippen LogP contribution < -0.4 is 0 Å². The maximum atomic E-state index is 4.26. The third-order valence-electron chi connectivity index (χ3n) is 11.5. The van der Waals surface area contributed by atoms with E-state index in [1.54, 1.807) is 0 Å². The number of benzene rings is 8. The number of allylic oxidation sites excluding steroid dienone is 6. The smallest absolute Gasteiger partial charge is 0.00295 e. The minimum Gasteiger partial charge on any atom is -0.0984 e. The molecule has 10 rings (SSSR count). The summed E-state index contributed by atoms with van der Waals surface area (Å²) in [4.78, 5) is 0. The lowest BCUT2D eigenvalue weighted by molar-refractivity contribution is 0.991. The molecule has 0 bridgehead atoms. The molecule has 0 aromatic heterocycles. The Morgan fingerprint density at radius 3 is 1.87 bits per heavy atom. The van der Waals surface area contributed by atoms with Gasteiger partial charge in [0.15, 0.2) is 0 Å². The van der Waals surface area contributed by atoms with Crippen molar-refractivity contribution >= 4 is 44.0 Å². The summed E-state index contributed by atoms with van der Waals surface area (Å²) in [5, 5.41) is 7.77. The lowest BCUT2D eigenvalue weighted by Gasteiger charge is -2.24. The first-order valence-electron chi connectivity index (χ1n) is 19.2. The predicted molar refractivity (Wildman–Crippen MR) is 233 cm³/mol. The van der Waals surface area contributed by atoms with E-state index in [0.717, 1.165) is 31.3 Å². The molecule has 0 fully saturated rings. The summed E-state index contributed by atoms with van der Waals surface area (Å²) >= 11 is 0. The second kappa shape index (κ2) is 13.5. The monoisotopic (exact) mass is 688 g/mol. The van der Waals surface area contributed by atoms with Crippen molar-refractivity contribution < 1.29 is 0 Å². The van der Waals surface area contributed by atoms with E-state index in [9.17, 15) is 0 Å². The molecule has 0 aliphatic heterocycles. The summed E-state index contributed by atoms with van der Waals surface area (Å²) in [5.74, 6) is 0. The molecule has 2 aliphatic carbocycles. The summed E-state index contributed by atoms with van der Waals surface area (Å²) in [6.45, 7) is 4.26. The van der Waals surface area contributed by atoms with Gasteiger partial charge in [-0.3, -0.25) is 0 Å². The molecule has 0 radical (unpaired) electrons. The average Bonchev–Trinajstić information content (AvgIpc) is 3.63. The van der Waals surface area contributed by atoms with E-state index in [2.05, 4.69) is 183 Å². The topological polar surface area (TPSA) is 0 Å². The van der Waals surface area contributed by atoms with Gasteiger partial charge in [-0.05, 0) is 143 Å². The fourth-order valence-corrected chi connectivity index (χ4v) is 8.93. The van der Waals surface area contributed by atoms with Crippen molar-refractivity contribution in [1.29, 1.82) is 0 Å². The third kappa shape index (κ3) is 5.72. The molecule has 0 heteroatoms. The Morgan fingerprint density at radius 2 is 1.13 bits per heavy atom. The normalized spacial score (nSPS) is 13.7. The van der Waals surface area contributed by atoms with Gasteiger partial charge in [0.2, 0.25) is 0 Å². The highest BCUT2D eigenvalue weighted by Crippen LogP contribution is 2.45. The molecule has 0 saturated carbocycles. The van der Waals surface area contributed by atoms with Crippen molar-refractivity contribution in [2.75, 3.05) is 0 Å². The largest absolute Gasteiger partial charge is 0.0984 e. The lowest BCUT2D eigenvalue weighted by atomic mass is 9.79. The first-order chi connectivity index (χ1) is 26.7. The van der Waals surface area contributed by atoms with Crippen LogP contribution in [0.3, 0.4) is 0 Å². The Hall–Kier alpha value is -6.50. The highest BCUT2D eigenvalue weighted by Gasteiger charge is 2.22. The molecule has 0 spiro atoms. The number of hydrogen-bond acceptors (Lipinski definition) is 0. The molecule has 8 aromatic rings. The van der Waals surface area contributed by atoms with Crippen LogP contribution in [0.5, 0.6) is 0 Å². The number of fused-ring (bicyclic) bond motifs is 5. The molecule has 0 atom stereocenters. The Bertz CT molecular complexity index is 2840. The van der Waals surface area contributed by atoms with Crippen molar-refractivity contribution in [2.45, 2.75) is 25.7 Å². The molecule has 0 heterocycles. The Labute approximate surface area is 317 Å². The number of rotatable bonds is 6. The minimum absolute atomic E-state index is 1.00. The summed E-state index contributed by atoms with van der Waals surface area (Å²) in [6, 6.07) is 56.1. The fraction of sp³-hybridized carbons (Fsp3) is 0.0741. The van der Waals surface area contributed by atoms with E-state index in [-0.39, 0.29) is 0 Å². The molecule has 8 aromatic carbocycles. The van der Waals surface area contributed by atoms with Gasteiger partial charge in [-0.15, -0.1) is 0 Å². The van der Waals surface area contributed by atoms with Crippen molar-refractivity contribution in [2.24, 2.45) is 0 Å². The lowest BCUT2D eigenvalue weighted by Crippen LogP contribution is -2.02. The van der Waals surface area contributed by atoms with E-state index < -0.39 is 0 Å². The Morgan fingerprint density at radius 1 is 0.519 bits per heavy atom. The van der Waals surface area contributed by atoms with Gasteiger partial charge < -0.3 is 0 Å². The quantitative estimate of drug-likeness (QED) is 0.153. The van der Waals surface area contributed by atoms with Crippen LogP contribution in [-0.4, -0.2) is 0 Å². The maximum Gasteiger partial charge on any atom is -0.00295 e. The van der Waals surface area contributed by atoms with Crippen LogP contribution in [0, 0.1) is 0 Å². The van der Waals surface area contributed by atoms with Crippen LogP contribution in [0.15, 0.2) is 188 Å². The van der Waals surface area contributed by atoms with Gasteiger partial charge in [0, 0.05) is 0 Å². The van der Waals surface area contributed by atoms with E-state index in [1.807, 2.05) is 6.08 Å². The summed E-state index contributed by atoms with van der Waals surface area (Å²) in [7, 11) is 0. The summed E-state index contributed by atoms with van der Waals surface area (Å²) in [6.07, 6.45) is 15.4. The third-order valence-corrected chi connectivity index (χ3v) is 11.5. The van der Waals surface area contributed by atoms with Crippen LogP contribution in [0.25, 0.3) is 77.3 Å². The molecule has 0 amide bonds. The van der Waals surface area contributed by atoms with Gasteiger partial charge in [0.1, 0.15) is 0 Å². The maximum absolute atomic E-state index is 4.26. The molecule has 0 unspecified atom stereocenters. The molecular weight excluding hydrogens is 649 g/mol. The highest BCUT2D eigenvalue weighted by atomic mass is 14.3. The summed E-state index contributed by atoms with van der Waals surface area (Å²) in [5.41, 5.74) is 17.1. The van der Waals surface area contributed by atoms with Gasteiger partial charge in [0.25, 0.3) is 0 Å². The van der Waals surface area contributed by atoms with Gasteiger partial charge >= 0.3 is 0 Å². The predicted octanol–water partition coefficient (Wildman–Crippen LogP) is 14.4. The zero-order valence-corrected chi connectivity index (χ0v) is 30.4. The molecule has 0 N–H and O–H groups in total. The SMILES string of the molecule is C=C/C(=C\C=C1Cc2cc3ccccc3cc2C1)c1cccc(-c2c3c(c(-c4cccc(-c5ccc6ccccc6c5)c4)c4ccccc24)C=CCC3)c1. The van der Waals surface area contributed by atoms with Gasteiger partial charge in [-0.25, -0.2) is 0 Å². The average molecular weight is 689 g/mol. The Balaban J connectivity index is 1.05. The zero-order chi connectivity index (χ0) is 36.0. The molecule has 0 nitrogen and oxygen atoms in total. The van der Waals surface area contributed by atoms with Crippen LogP contribution in [0.2, 0.25) is 0 Å². The minimum atomic E-state index is 1.00. The highest BCUT2D eigenvalue weighted by molar-refractivity contribution is 6.10. The van der Waals surface area contributed by atoms with E-state index in [4.69, 9.17) is 0 Å². The van der Waals surface area contributed by atoms with Crippen LogP contribution in [0.4, 0.5) is 0 Å². The Kier molecular flexibility index (Phi) is 8.03. The van der Waals surface area contributed by atoms with Gasteiger partial charge in [0.05, 0.1) is 0 Å². The van der Waals surface area contributed by atoms with E-state index in [0.29, 0.717) is 0 Å². The molecular formula is C54H40. The fourth-order valence-electron chi connectivity index (χ4n) is 8.93. The van der Waals surface area contributed by atoms with Crippen LogP contribution in [-0.2, 0) is 19.3 Å². The van der Waals surface area contributed by atoms with Gasteiger partial charge in [-0.2, -0.15) is 0 Å². The first kappa shape index (κ1) is 32.2. The van der Waals surface area contributed by atoms with Crippen LogP contribution in [0.1, 0.15) is 34.2 Å². The van der Waals surface area contributed by atoms with E-state index >= 15 is 0 Å². The molecule has 54 heavy (non-hydrogen) atoms. The summed E-state index contributed by atoms with van der Waals surface area (Å²) < 4.78 is 0. The van der Waals surface area contributed by atoms with Crippen molar-refractivity contribution in [3.05, 3.63) is 216 Å². The first-order valence-corrected chi connectivity index (χ1v) is 19.2.